The van der Waals surface area contributed by atoms with Crippen LogP contribution < -0.4 is 4.90 Å². The Labute approximate surface area is 237 Å². The Morgan fingerprint density at radius 2 is 1.68 bits per heavy atom. The Balaban J connectivity index is 1.65. The topological polar surface area (TPSA) is 90.4 Å². The van der Waals surface area contributed by atoms with E-state index < -0.39 is 35.1 Å². The molecule has 2 fully saturated rings. The van der Waals surface area contributed by atoms with Crippen molar-refractivity contribution in [1.29, 1.82) is 0 Å². The third-order valence-corrected chi connectivity index (χ3v) is 9.37. The number of hydrogen-bond acceptors (Lipinski definition) is 5. The van der Waals surface area contributed by atoms with Gasteiger partial charge in [-0.1, -0.05) is 83.0 Å². The number of carbonyl (C=O) groups is 3. The quantitative estimate of drug-likeness (QED) is 0.376. The summed E-state index contributed by atoms with van der Waals surface area (Å²) in [6, 6.07) is 7.95. The lowest BCUT2D eigenvalue weighted by molar-refractivity contribution is -0.156. The highest BCUT2D eigenvalue weighted by atomic mass is 16.5. The SMILES string of the molecule is CCCCCN1CC=C[C@]23O[C@]4(CC)C=CCN(c5ccccc5)C(=O)[C@@H]4[C@H]2C(=O)N([C@@H](CO)C(C)C)C3C1=O. The maximum atomic E-state index is 14.6. The molecule has 1 aromatic carbocycles. The van der Waals surface area contributed by atoms with Crippen molar-refractivity contribution < 1.29 is 24.2 Å². The van der Waals surface area contributed by atoms with E-state index in [9.17, 15) is 19.5 Å². The van der Waals surface area contributed by atoms with Crippen molar-refractivity contribution in [3.8, 4) is 0 Å². The normalized spacial score (nSPS) is 32.3. The highest BCUT2D eigenvalue weighted by molar-refractivity contribution is 6.04. The highest BCUT2D eigenvalue weighted by Gasteiger charge is 2.76. The molecule has 8 heteroatoms. The molecule has 1 spiro atoms. The fraction of sp³-hybridized carbons (Fsp3) is 0.594. The molecule has 0 radical (unpaired) electrons. The number of unbranched alkanes of at least 4 members (excludes halogenated alkanes) is 2. The van der Waals surface area contributed by atoms with Crippen molar-refractivity contribution >= 4 is 23.4 Å². The Morgan fingerprint density at radius 1 is 0.950 bits per heavy atom. The van der Waals surface area contributed by atoms with Crippen LogP contribution in [-0.4, -0.2) is 82.2 Å². The Hall–Kier alpha value is -2.97. The van der Waals surface area contributed by atoms with Crippen molar-refractivity contribution in [2.75, 3.05) is 31.1 Å². The van der Waals surface area contributed by atoms with Gasteiger partial charge in [0.2, 0.25) is 17.7 Å². The van der Waals surface area contributed by atoms with Gasteiger partial charge in [-0.05, 0) is 30.9 Å². The van der Waals surface area contributed by atoms with Gasteiger partial charge in [0.25, 0.3) is 0 Å². The summed E-state index contributed by atoms with van der Waals surface area (Å²) in [7, 11) is 0. The molecule has 1 unspecified atom stereocenters. The summed E-state index contributed by atoms with van der Waals surface area (Å²) in [6.07, 6.45) is 11.1. The van der Waals surface area contributed by atoms with Crippen molar-refractivity contribution in [2.45, 2.75) is 76.7 Å². The number of hydrogen-bond donors (Lipinski definition) is 1. The zero-order chi connectivity index (χ0) is 28.7. The van der Waals surface area contributed by atoms with Gasteiger partial charge in [-0.3, -0.25) is 14.4 Å². The first-order chi connectivity index (χ1) is 19.3. The van der Waals surface area contributed by atoms with Gasteiger partial charge in [0.1, 0.15) is 11.6 Å². The molecule has 4 heterocycles. The van der Waals surface area contributed by atoms with Crippen LogP contribution in [0.4, 0.5) is 5.69 Å². The van der Waals surface area contributed by atoms with Crippen LogP contribution in [0.5, 0.6) is 0 Å². The number of amides is 3. The third-order valence-electron chi connectivity index (χ3n) is 9.37. The number of benzene rings is 1. The number of ether oxygens (including phenoxy) is 1. The van der Waals surface area contributed by atoms with Crippen molar-refractivity contribution in [2.24, 2.45) is 17.8 Å². The van der Waals surface area contributed by atoms with Crippen LogP contribution in [0.2, 0.25) is 0 Å². The van der Waals surface area contributed by atoms with Crippen LogP contribution in [0.25, 0.3) is 0 Å². The molecule has 6 atom stereocenters. The molecule has 2 saturated heterocycles. The molecule has 0 saturated carbocycles. The first kappa shape index (κ1) is 28.6. The molecule has 1 N–H and O–H groups in total. The van der Waals surface area contributed by atoms with Crippen LogP contribution in [0, 0.1) is 17.8 Å². The van der Waals surface area contributed by atoms with Crippen LogP contribution in [0.3, 0.4) is 0 Å². The van der Waals surface area contributed by atoms with Crippen molar-refractivity contribution in [1.82, 2.24) is 9.80 Å². The van der Waals surface area contributed by atoms with Gasteiger partial charge in [0.05, 0.1) is 30.1 Å². The van der Waals surface area contributed by atoms with Crippen LogP contribution >= 0.6 is 0 Å². The Bertz CT molecular complexity index is 1180. The van der Waals surface area contributed by atoms with Crippen LogP contribution in [-0.2, 0) is 19.1 Å². The highest BCUT2D eigenvalue weighted by Crippen LogP contribution is 2.59. The largest absolute Gasteiger partial charge is 0.394 e. The molecule has 0 bridgehead atoms. The fourth-order valence-corrected chi connectivity index (χ4v) is 7.32. The van der Waals surface area contributed by atoms with E-state index in [0.717, 1.165) is 24.9 Å². The van der Waals surface area contributed by atoms with Crippen molar-refractivity contribution in [3.63, 3.8) is 0 Å². The number of para-hydroxylation sites is 1. The van der Waals surface area contributed by atoms with E-state index in [0.29, 0.717) is 26.1 Å². The first-order valence-electron chi connectivity index (χ1n) is 14.9. The van der Waals surface area contributed by atoms with E-state index in [-0.39, 0.29) is 30.2 Å². The number of likely N-dealkylation sites (tertiary alicyclic amines) is 1. The molecule has 1 aromatic rings. The molecule has 8 nitrogen and oxygen atoms in total. The summed E-state index contributed by atoms with van der Waals surface area (Å²) in [5, 5.41) is 10.5. The van der Waals surface area contributed by atoms with Gasteiger partial charge in [-0.25, -0.2) is 0 Å². The lowest BCUT2D eigenvalue weighted by Gasteiger charge is -2.41. The predicted octanol–water partition coefficient (Wildman–Crippen LogP) is 3.56. The van der Waals surface area contributed by atoms with Gasteiger partial charge in [-0.2, -0.15) is 0 Å². The van der Waals surface area contributed by atoms with Gasteiger partial charge < -0.3 is 24.5 Å². The van der Waals surface area contributed by atoms with Gasteiger partial charge in [-0.15, -0.1) is 0 Å². The van der Waals surface area contributed by atoms with E-state index in [1.54, 1.807) is 9.80 Å². The van der Waals surface area contributed by atoms with Crippen LogP contribution in [0.1, 0.15) is 53.4 Å². The summed E-state index contributed by atoms with van der Waals surface area (Å²) in [4.78, 5) is 48.6. The standard InChI is InChI=1S/C32H43N3O5/c1-5-7-11-18-33-19-13-17-32-26(29(38)35(27(32)30(33)39)24(21-36)22(3)4)25-28(37)34(23-14-9-8-10-15-23)20-12-16-31(25,6-2)40-32/h8-10,12-17,22,24-27,36H,5-7,11,18-21H2,1-4H3/t24-,25-,26-,27?,31+,32-/m0/s1. The summed E-state index contributed by atoms with van der Waals surface area (Å²) >= 11 is 0. The minimum Gasteiger partial charge on any atom is -0.394 e. The average molecular weight is 550 g/mol. The molecule has 4 aliphatic heterocycles. The maximum absolute atomic E-state index is 14.6. The molecular formula is C32H43N3O5. The molecule has 3 amide bonds. The number of fused-ring (bicyclic) bond motifs is 2. The number of aliphatic hydroxyl groups is 1. The maximum Gasteiger partial charge on any atom is 0.249 e. The van der Waals surface area contributed by atoms with E-state index >= 15 is 0 Å². The second-order valence-electron chi connectivity index (χ2n) is 11.9. The summed E-state index contributed by atoms with van der Waals surface area (Å²) in [5.74, 6) is -2.43. The second-order valence-corrected chi connectivity index (χ2v) is 11.9. The van der Waals surface area contributed by atoms with E-state index in [1.165, 1.54) is 0 Å². The van der Waals surface area contributed by atoms with Gasteiger partial charge in [0, 0.05) is 25.3 Å². The average Bonchev–Trinajstić information content (AvgIpc) is 3.24. The number of rotatable bonds is 9. The molecule has 216 valence electrons. The number of carbonyl (C=O) groups excluding carboxylic acids is 3. The number of anilines is 1. The lowest BCUT2D eigenvalue weighted by atomic mass is 9.73. The monoisotopic (exact) mass is 549 g/mol. The van der Waals surface area contributed by atoms with E-state index in [2.05, 4.69) is 6.92 Å². The second kappa shape index (κ2) is 11.1. The first-order valence-corrected chi connectivity index (χ1v) is 14.9. The molecule has 0 aliphatic carbocycles. The molecule has 40 heavy (non-hydrogen) atoms. The minimum absolute atomic E-state index is 0.0973. The lowest BCUT2D eigenvalue weighted by Crippen LogP contribution is -2.59. The summed E-state index contributed by atoms with van der Waals surface area (Å²) in [5.41, 5.74) is -1.58. The van der Waals surface area contributed by atoms with Gasteiger partial charge >= 0.3 is 0 Å². The predicted molar refractivity (Wildman–Crippen MR) is 153 cm³/mol. The smallest absolute Gasteiger partial charge is 0.249 e. The summed E-state index contributed by atoms with van der Waals surface area (Å²) in [6.45, 7) is 9.10. The van der Waals surface area contributed by atoms with Crippen molar-refractivity contribution in [3.05, 3.63) is 54.6 Å². The Morgan fingerprint density at radius 3 is 2.33 bits per heavy atom. The third kappa shape index (κ3) is 4.31. The number of aliphatic hydroxyl groups excluding tert-OH is 1. The fourth-order valence-electron chi connectivity index (χ4n) is 7.32. The molecule has 4 aliphatic rings. The molecular weight excluding hydrogens is 506 g/mol. The van der Waals surface area contributed by atoms with E-state index in [4.69, 9.17) is 4.74 Å². The Kier molecular flexibility index (Phi) is 7.94. The van der Waals surface area contributed by atoms with E-state index in [1.807, 2.05) is 80.3 Å². The zero-order valence-electron chi connectivity index (χ0n) is 24.2. The summed E-state index contributed by atoms with van der Waals surface area (Å²) < 4.78 is 7.04. The van der Waals surface area contributed by atoms with Gasteiger partial charge in [0.15, 0.2) is 0 Å². The van der Waals surface area contributed by atoms with Crippen LogP contribution in [0.15, 0.2) is 54.6 Å². The number of nitrogens with zero attached hydrogens (tertiary/aromatic N) is 3. The molecule has 0 aromatic heterocycles. The molecule has 5 rings (SSSR count). The zero-order valence-corrected chi connectivity index (χ0v) is 24.2. The minimum atomic E-state index is -1.31.